The van der Waals surface area contributed by atoms with Crippen LogP contribution in [0.4, 0.5) is 0 Å². The molecule has 3 rings (SSSR count). The summed E-state index contributed by atoms with van der Waals surface area (Å²) in [6.07, 6.45) is 4.16. The van der Waals surface area contributed by atoms with E-state index in [2.05, 4.69) is 39.1 Å². The molecule has 1 fully saturated rings. The number of rotatable bonds is 6. The van der Waals surface area contributed by atoms with Gasteiger partial charge in [-0.2, -0.15) is 0 Å². The molecule has 0 unspecified atom stereocenters. The number of methoxy groups -OCH3 is 1. The van der Waals surface area contributed by atoms with Crippen molar-refractivity contribution >= 4 is 0 Å². The van der Waals surface area contributed by atoms with Gasteiger partial charge in [-0.25, -0.2) is 0 Å². The van der Waals surface area contributed by atoms with E-state index in [4.69, 9.17) is 4.74 Å². The van der Waals surface area contributed by atoms with E-state index in [-0.39, 0.29) is 0 Å². The fourth-order valence-electron chi connectivity index (χ4n) is 2.85. The van der Waals surface area contributed by atoms with Gasteiger partial charge in [0.15, 0.2) is 0 Å². The van der Waals surface area contributed by atoms with Gasteiger partial charge < -0.3 is 14.6 Å². The number of nitrogens with zero attached hydrogens (tertiary/aromatic N) is 3. The SMILES string of the molecule is CCn1cnnc1CNC1CC(c2ccc(OC)cc2)C1. The molecule has 0 saturated heterocycles. The zero-order valence-corrected chi connectivity index (χ0v) is 12.6. The van der Waals surface area contributed by atoms with Crippen molar-refractivity contribution in [3.63, 3.8) is 0 Å². The summed E-state index contributed by atoms with van der Waals surface area (Å²) in [5, 5.41) is 11.7. The highest BCUT2D eigenvalue weighted by Gasteiger charge is 2.30. The van der Waals surface area contributed by atoms with Crippen LogP contribution in [0.2, 0.25) is 0 Å². The molecule has 21 heavy (non-hydrogen) atoms. The van der Waals surface area contributed by atoms with Crippen LogP contribution in [0.3, 0.4) is 0 Å². The van der Waals surface area contributed by atoms with E-state index < -0.39 is 0 Å². The van der Waals surface area contributed by atoms with Crippen LogP contribution >= 0.6 is 0 Å². The summed E-state index contributed by atoms with van der Waals surface area (Å²) in [5.74, 6) is 2.61. The third kappa shape index (κ3) is 3.08. The molecule has 1 aliphatic carbocycles. The van der Waals surface area contributed by atoms with Crippen LogP contribution in [-0.2, 0) is 13.1 Å². The molecule has 1 aromatic heterocycles. The maximum Gasteiger partial charge on any atom is 0.146 e. The third-order valence-electron chi connectivity index (χ3n) is 4.31. The lowest BCUT2D eigenvalue weighted by atomic mass is 9.76. The zero-order chi connectivity index (χ0) is 14.7. The maximum absolute atomic E-state index is 5.20. The minimum absolute atomic E-state index is 0.583. The van der Waals surface area contributed by atoms with Crippen molar-refractivity contribution in [3.8, 4) is 5.75 Å². The summed E-state index contributed by atoms with van der Waals surface area (Å²) in [6, 6.07) is 9.01. The molecule has 1 heterocycles. The molecule has 1 aromatic carbocycles. The van der Waals surface area contributed by atoms with Gasteiger partial charge in [-0.1, -0.05) is 12.1 Å². The first kappa shape index (κ1) is 14.1. The van der Waals surface area contributed by atoms with Crippen molar-refractivity contribution in [2.24, 2.45) is 0 Å². The summed E-state index contributed by atoms with van der Waals surface area (Å²) in [4.78, 5) is 0. The minimum Gasteiger partial charge on any atom is -0.497 e. The second-order valence-electron chi connectivity index (χ2n) is 5.55. The first-order chi connectivity index (χ1) is 10.3. The van der Waals surface area contributed by atoms with E-state index in [0.29, 0.717) is 12.0 Å². The lowest BCUT2D eigenvalue weighted by molar-refractivity contribution is 0.286. The number of benzene rings is 1. The van der Waals surface area contributed by atoms with Gasteiger partial charge in [0, 0.05) is 12.6 Å². The molecule has 1 saturated carbocycles. The van der Waals surface area contributed by atoms with Crippen molar-refractivity contribution in [1.29, 1.82) is 0 Å². The second-order valence-corrected chi connectivity index (χ2v) is 5.55. The van der Waals surface area contributed by atoms with E-state index in [1.807, 2.05) is 12.1 Å². The molecule has 0 amide bonds. The maximum atomic E-state index is 5.20. The normalized spacial score (nSPS) is 21.0. The van der Waals surface area contributed by atoms with E-state index in [1.165, 1.54) is 18.4 Å². The Morgan fingerprint density at radius 1 is 1.29 bits per heavy atom. The van der Waals surface area contributed by atoms with Crippen molar-refractivity contribution in [2.45, 2.75) is 44.8 Å². The van der Waals surface area contributed by atoms with Crippen LogP contribution in [0.15, 0.2) is 30.6 Å². The van der Waals surface area contributed by atoms with Crippen molar-refractivity contribution in [3.05, 3.63) is 42.0 Å². The van der Waals surface area contributed by atoms with Gasteiger partial charge in [0.05, 0.1) is 13.7 Å². The van der Waals surface area contributed by atoms with E-state index in [1.54, 1.807) is 13.4 Å². The van der Waals surface area contributed by atoms with Crippen LogP contribution < -0.4 is 10.1 Å². The summed E-state index contributed by atoms with van der Waals surface area (Å²) >= 11 is 0. The number of hydrogen-bond donors (Lipinski definition) is 1. The first-order valence-electron chi connectivity index (χ1n) is 7.54. The number of nitrogens with one attached hydrogen (secondary N) is 1. The fourth-order valence-corrected chi connectivity index (χ4v) is 2.85. The Balaban J connectivity index is 1.47. The second kappa shape index (κ2) is 6.26. The number of ether oxygens (including phenoxy) is 1. The Bertz CT molecular complexity index is 572. The quantitative estimate of drug-likeness (QED) is 0.885. The standard InChI is InChI=1S/C16H22N4O/c1-3-20-11-18-19-16(20)10-17-14-8-13(9-14)12-4-6-15(21-2)7-5-12/h4-7,11,13-14,17H,3,8-10H2,1-2H3. The van der Waals surface area contributed by atoms with E-state index in [0.717, 1.165) is 24.7 Å². The molecule has 2 aromatic rings. The largest absolute Gasteiger partial charge is 0.497 e. The van der Waals surface area contributed by atoms with Crippen molar-refractivity contribution in [2.75, 3.05) is 7.11 Å². The smallest absolute Gasteiger partial charge is 0.146 e. The average Bonchev–Trinajstić information content (AvgIpc) is 2.94. The third-order valence-corrected chi connectivity index (χ3v) is 4.31. The van der Waals surface area contributed by atoms with Crippen LogP contribution in [-0.4, -0.2) is 27.9 Å². The van der Waals surface area contributed by atoms with Gasteiger partial charge in [-0.15, -0.1) is 10.2 Å². The predicted molar refractivity (Wildman–Crippen MR) is 81.3 cm³/mol. The molecule has 5 heteroatoms. The van der Waals surface area contributed by atoms with Gasteiger partial charge in [-0.3, -0.25) is 0 Å². The molecular weight excluding hydrogens is 264 g/mol. The van der Waals surface area contributed by atoms with Gasteiger partial charge in [0.25, 0.3) is 0 Å². The Kier molecular flexibility index (Phi) is 4.20. The molecule has 5 nitrogen and oxygen atoms in total. The fraction of sp³-hybridized carbons (Fsp3) is 0.500. The summed E-state index contributed by atoms with van der Waals surface area (Å²) < 4.78 is 7.27. The molecule has 112 valence electrons. The average molecular weight is 286 g/mol. The van der Waals surface area contributed by atoms with E-state index >= 15 is 0 Å². The zero-order valence-electron chi connectivity index (χ0n) is 12.6. The molecule has 0 bridgehead atoms. The van der Waals surface area contributed by atoms with Gasteiger partial charge in [0.1, 0.15) is 17.9 Å². The van der Waals surface area contributed by atoms with Gasteiger partial charge in [0.2, 0.25) is 0 Å². The van der Waals surface area contributed by atoms with Gasteiger partial charge >= 0.3 is 0 Å². The number of aryl methyl sites for hydroxylation is 1. The topological polar surface area (TPSA) is 52.0 Å². The number of aromatic nitrogens is 3. The highest BCUT2D eigenvalue weighted by atomic mass is 16.5. The highest BCUT2D eigenvalue weighted by Crippen LogP contribution is 2.37. The van der Waals surface area contributed by atoms with Crippen LogP contribution in [0.25, 0.3) is 0 Å². The lowest BCUT2D eigenvalue weighted by Gasteiger charge is -2.36. The van der Waals surface area contributed by atoms with Crippen molar-refractivity contribution < 1.29 is 4.74 Å². The van der Waals surface area contributed by atoms with E-state index in [9.17, 15) is 0 Å². The Morgan fingerprint density at radius 2 is 2.05 bits per heavy atom. The summed E-state index contributed by atoms with van der Waals surface area (Å²) in [5.41, 5.74) is 1.41. The molecule has 1 aliphatic rings. The minimum atomic E-state index is 0.583. The molecule has 0 aliphatic heterocycles. The van der Waals surface area contributed by atoms with Gasteiger partial charge in [-0.05, 0) is 43.4 Å². The molecule has 0 atom stereocenters. The molecule has 1 N–H and O–H groups in total. The van der Waals surface area contributed by atoms with Crippen LogP contribution in [0, 0.1) is 0 Å². The first-order valence-corrected chi connectivity index (χ1v) is 7.54. The monoisotopic (exact) mass is 286 g/mol. The lowest BCUT2D eigenvalue weighted by Crippen LogP contribution is -2.40. The highest BCUT2D eigenvalue weighted by molar-refractivity contribution is 5.30. The Hall–Kier alpha value is -1.88. The summed E-state index contributed by atoms with van der Waals surface area (Å²) in [7, 11) is 1.70. The summed E-state index contributed by atoms with van der Waals surface area (Å²) in [6.45, 7) is 3.83. The van der Waals surface area contributed by atoms with Crippen LogP contribution in [0.1, 0.15) is 37.1 Å². The van der Waals surface area contributed by atoms with Crippen molar-refractivity contribution in [1.82, 2.24) is 20.1 Å². The predicted octanol–water partition coefficient (Wildman–Crippen LogP) is 2.34. The number of hydrogen-bond acceptors (Lipinski definition) is 4. The molecular formula is C16H22N4O. The van der Waals surface area contributed by atoms with Crippen LogP contribution in [0.5, 0.6) is 5.75 Å². The Morgan fingerprint density at radius 3 is 2.71 bits per heavy atom. The molecule has 0 radical (unpaired) electrons. The Labute approximate surface area is 125 Å². The molecule has 0 spiro atoms.